The minimum atomic E-state index is -1.51. The van der Waals surface area contributed by atoms with E-state index < -0.39 is 16.1 Å². The standard InChI is InChI=1S/C53H46Si2/c1-53(2)47-29-33(41-20-16-32-13-15-35-24-39(54(3,4)5)26-37-19-23-45(41)52(32)49(35)37)17-21-42(47)43-22-18-34(30-48(43)53)46-28-38-27-40(55(6,7)8)25-36-14-12-31-10-9-11-44(46)51(31)50(36)38/h9-30H,1-8H3. The first-order valence-corrected chi connectivity index (χ1v) is 27.0. The molecular weight excluding hydrogens is 693 g/mol. The Morgan fingerprint density at radius 2 is 0.782 bits per heavy atom. The molecule has 266 valence electrons. The van der Waals surface area contributed by atoms with E-state index in [0.717, 1.165) is 0 Å². The number of hydrogen-bond acceptors (Lipinski definition) is 0. The summed E-state index contributed by atoms with van der Waals surface area (Å²) in [5.41, 5.74) is 10.7. The Bertz CT molecular complexity index is 3220. The normalized spacial score (nSPS) is 14.3. The van der Waals surface area contributed by atoms with Crippen molar-refractivity contribution in [2.24, 2.45) is 0 Å². The third-order valence-electron chi connectivity index (χ3n) is 13.2. The van der Waals surface area contributed by atoms with Crippen LogP contribution < -0.4 is 10.4 Å². The molecule has 10 aromatic carbocycles. The minimum Gasteiger partial charge on any atom is -0.0656 e. The Balaban J connectivity index is 1.06. The molecular formula is C53H46Si2. The maximum atomic E-state index is 2.51. The molecule has 0 amide bonds. The van der Waals surface area contributed by atoms with Gasteiger partial charge in [0.25, 0.3) is 0 Å². The summed E-state index contributed by atoms with van der Waals surface area (Å²) in [5, 5.41) is 19.5. The van der Waals surface area contributed by atoms with Crippen LogP contribution in [0.25, 0.3) is 98.0 Å². The predicted molar refractivity (Wildman–Crippen MR) is 248 cm³/mol. The molecule has 1 aliphatic carbocycles. The summed E-state index contributed by atoms with van der Waals surface area (Å²) in [6.07, 6.45) is 0. The lowest BCUT2D eigenvalue weighted by atomic mass is 9.80. The Kier molecular flexibility index (Phi) is 6.58. The number of rotatable bonds is 4. The molecule has 0 saturated heterocycles. The van der Waals surface area contributed by atoms with Gasteiger partial charge in [0.1, 0.15) is 0 Å². The van der Waals surface area contributed by atoms with Crippen molar-refractivity contribution in [2.75, 3.05) is 0 Å². The Hall–Kier alpha value is -5.29. The summed E-state index contributed by atoms with van der Waals surface area (Å²) in [6, 6.07) is 52.6. The molecule has 0 heterocycles. The smallest absolute Gasteiger partial charge is 0.0656 e. The highest BCUT2D eigenvalue weighted by molar-refractivity contribution is 6.89. The van der Waals surface area contributed by atoms with Crippen LogP contribution >= 0.6 is 0 Å². The van der Waals surface area contributed by atoms with Crippen molar-refractivity contribution >= 4 is 91.2 Å². The molecule has 0 nitrogen and oxygen atoms in total. The van der Waals surface area contributed by atoms with Gasteiger partial charge in [0.05, 0.1) is 16.1 Å². The molecule has 0 unspecified atom stereocenters. The lowest BCUT2D eigenvalue weighted by Crippen LogP contribution is -2.37. The van der Waals surface area contributed by atoms with Gasteiger partial charge in [0, 0.05) is 5.41 Å². The second-order valence-electron chi connectivity index (χ2n) is 19.0. The fraction of sp³-hybridized carbons (Fsp3) is 0.170. The van der Waals surface area contributed by atoms with Crippen molar-refractivity contribution in [1.29, 1.82) is 0 Å². The zero-order valence-corrected chi connectivity index (χ0v) is 35.2. The second kappa shape index (κ2) is 10.9. The van der Waals surface area contributed by atoms with Crippen LogP contribution in [0.1, 0.15) is 25.0 Å². The average molecular weight is 739 g/mol. The Morgan fingerprint density at radius 1 is 0.345 bits per heavy atom. The van der Waals surface area contributed by atoms with E-state index in [1.807, 2.05) is 0 Å². The van der Waals surface area contributed by atoms with E-state index in [1.54, 1.807) is 0 Å². The van der Waals surface area contributed by atoms with Gasteiger partial charge in [0.2, 0.25) is 0 Å². The Morgan fingerprint density at radius 3 is 1.36 bits per heavy atom. The summed E-state index contributed by atoms with van der Waals surface area (Å²) >= 11 is 0. The lowest BCUT2D eigenvalue weighted by Gasteiger charge is -2.24. The van der Waals surface area contributed by atoms with Crippen LogP contribution in [0.4, 0.5) is 0 Å². The molecule has 0 N–H and O–H groups in total. The first-order chi connectivity index (χ1) is 26.3. The molecule has 10 aromatic rings. The summed E-state index contributed by atoms with van der Waals surface area (Å²) in [7, 11) is -2.97. The van der Waals surface area contributed by atoms with Gasteiger partial charge in [-0.05, 0) is 127 Å². The van der Waals surface area contributed by atoms with Gasteiger partial charge in [-0.25, -0.2) is 0 Å². The highest BCUT2D eigenvalue weighted by Gasteiger charge is 2.36. The highest BCUT2D eigenvalue weighted by Crippen LogP contribution is 2.52. The number of benzene rings is 10. The van der Waals surface area contributed by atoms with Gasteiger partial charge in [-0.15, -0.1) is 0 Å². The molecule has 0 atom stereocenters. The van der Waals surface area contributed by atoms with E-state index in [4.69, 9.17) is 0 Å². The van der Waals surface area contributed by atoms with Gasteiger partial charge in [-0.2, -0.15) is 0 Å². The second-order valence-corrected chi connectivity index (χ2v) is 29.2. The van der Waals surface area contributed by atoms with Gasteiger partial charge in [-0.1, -0.05) is 179 Å². The van der Waals surface area contributed by atoms with E-state index >= 15 is 0 Å². The fourth-order valence-corrected chi connectivity index (χ4v) is 12.4. The third kappa shape index (κ3) is 4.68. The molecule has 0 aliphatic heterocycles. The van der Waals surface area contributed by atoms with Crippen molar-refractivity contribution < 1.29 is 0 Å². The van der Waals surface area contributed by atoms with Crippen LogP contribution in [0, 0.1) is 0 Å². The van der Waals surface area contributed by atoms with Crippen LogP contribution in [-0.2, 0) is 5.41 Å². The predicted octanol–water partition coefficient (Wildman–Crippen LogP) is 14.2. The SMILES string of the molecule is CC1(C)c2cc(-c3ccc4ccc5cc([Si](C)(C)C)cc6ccc3c4c56)ccc2-c2ccc(-c3cc4cc([Si](C)(C)C)cc5ccc6cccc3c6c54)cc21. The van der Waals surface area contributed by atoms with Crippen LogP contribution in [0.3, 0.4) is 0 Å². The van der Waals surface area contributed by atoms with E-state index in [-0.39, 0.29) is 5.41 Å². The zero-order chi connectivity index (χ0) is 37.8. The van der Waals surface area contributed by atoms with Gasteiger partial charge in [-0.3, -0.25) is 0 Å². The molecule has 0 radical (unpaired) electrons. The van der Waals surface area contributed by atoms with Crippen molar-refractivity contribution in [1.82, 2.24) is 0 Å². The first kappa shape index (κ1) is 33.1. The van der Waals surface area contributed by atoms with Crippen molar-refractivity contribution in [2.45, 2.75) is 58.5 Å². The summed E-state index contributed by atoms with van der Waals surface area (Å²) in [6.45, 7) is 19.6. The summed E-state index contributed by atoms with van der Waals surface area (Å²) in [5.74, 6) is 0. The molecule has 0 fully saturated rings. The van der Waals surface area contributed by atoms with Gasteiger partial charge < -0.3 is 0 Å². The van der Waals surface area contributed by atoms with Gasteiger partial charge >= 0.3 is 0 Å². The van der Waals surface area contributed by atoms with Crippen LogP contribution in [0.2, 0.25) is 39.3 Å². The average Bonchev–Trinajstić information content (AvgIpc) is 3.39. The van der Waals surface area contributed by atoms with E-state index in [2.05, 4.69) is 187 Å². The molecule has 11 rings (SSSR count). The molecule has 0 saturated carbocycles. The van der Waals surface area contributed by atoms with Crippen molar-refractivity contribution in [3.8, 4) is 33.4 Å². The van der Waals surface area contributed by atoms with Crippen LogP contribution in [-0.4, -0.2) is 16.1 Å². The quantitative estimate of drug-likeness (QED) is 0.125. The Labute approximate surface area is 326 Å². The molecule has 2 heteroatoms. The number of fused-ring (bicyclic) bond motifs is 3. The van der Waals surface area contributed by atoms with E-state index in [0.29, 0.717) is 0 Å². The maximum Gasteiger partial charge on any atom is 0.0776 e. The summed E-state index contributed by atoms with van der Waals surface area (Å²) < 4.78 is 0. The number of hydrogen-bond donors (Lipinski definition) is 0. The van der Waals surface area contributed by atoms with Crippen molar-refractivity contribution in [3.63, 3.8) is 0 Å². The largest absolute Gasteiger partial charge is 0.0776 e. The maximum absolute atomic E-state index is 2.51. The monoisotopic (exact) mass is 738 g/mol. The first-order valence-electron chi connectivity index (χ1n) is 20.0. The van der Waals surface area contributed by atoms with Gasteiger partial charge in [0.15, 0.2) is 0 Å². The molecule has 55 heavy (non-hydrogen) atoms. The van der Waals surface area contributed by atoms with Crippen LogP contribution in [0.15, 0.2) is 133 Å². The summed E-state index contributed by atoms with van der Waals surface area (Å²) in [4.78, 5) is 0. The van der Waals surface area contributed by atoms with E-state index in [9.17, 15) is 0 Å². The zero-order valence-electron chi connectivity index (χ0n) is 33.2. The molecule has 1 aliphatic rings. The fourth-order valence-electron chi connectivity index (χ4n) is 10.1. The highest BCUT2D eigenvalue weighted by atomic mass is 28.3. The van der Waals surface area contributed by atoms with Crippen LogP contribution in [0.5, 0.6) is 0 Å². The lowest BCUT2D eigenvalue weighted by molar-refractivity contribution is 0.661. The van der Waals surface area contributed by atoms with E-state index in [1.165, 1.54) is 120 Å². The molecule has 0 aromatic heterocycles. The van der Waals surface area contributed by atoms with Crippen molar-refractivity contribution in [3.05, 3.63) is 145 Å². The minimum absolute atomic E-state index is 0.141. The molecule has 0 bridgehead atoms. The third-order valence-corrected chi connectivity index (χ3v) is 17.2. The topological polar surface area (TPSA) is 0 Å². The molecule has 0 spiro atoms.